The van der Waals surface area contributed by atoms with Gasteiger partial charge in [-0.15, -0.1) is 0 Å². The average molecular weight is 230 g/mol. The fourth-order valence-corrected chi connectivity index (χ4v) is 1.74. The van der Waals surface area contributed by atoms with Crippen molar-refractivity contribution in [1.82, 2.24) is 0 Å². The Bertz CT molecular complexity index is 183. The van der Waals surface area contributed by atoms with Gasteiger partial charge in [0.05, 0.1) is 19.3 Å². The van der Waals surface area contributed by atoms with Crippen LogP contribution in [0.25, 0.3) is 0 Å². The predicted molar refractivity (Wildman–Crippen MR) is 60.5 cm³/mol. The van der Waals surface area contributed by atoms with Crippen LogP contribution in [0.4, 0.5) is 0 Å². The molecule has 0 unspecified atom stereocenters. The second-order valence-electron chi connectivity index (χ2n) is 4.07. The smallest absolute Gasteiger partial charge is 0.133 e. The first kappa shape index (κ1) is 13.6. The van der Waals surface area contributed by atoms with Gasteiger partial charge in [-0.1, -0.05) is 0 Å². The number of hydrogen-bond acceptors (Lipinski definition) is 4. The molecule has 1 fully saturated rings. The van der Waals surface area contributed by atoms with Gasteiger partial charge in [0.2, 0.25) is 0 Å². The Hall–Kier alpha value is -0.450. The molecular formula is C12H22O4. The molecule has 94 valence electrons. The summed E-state index contributed by atoms with van der Waals surface area (Å²) in [6, 6.07) is 0. The van der Waals surface area contributed by atoms with Crippen LogP contribution in [0.3, 0.4) is 0 Å². The van der Waals surface area contributed by atoms with Gasteiger partial charge in [0, 0.05) is 33.2 Å². The summed E-state index contributed by atoms with van der Waals surface area (Å²) in [6.45, 7) is 2.74. The molecule has 0 aromatic rings. The number of rotatable bonds is 8. The third-order valence-electron chi connectivity index (χ3n) is 2.71. The SMILES string of the molecule is COCCOCCCOC1CCC(=O)CC1. The van der Waals surface area contributed by atoms with E-state index >= 15 is 0 Å². The molecule has 0 amide bonds. The van der Waals surface area contributed by atoms with Gasteiger partial charge >= 0.3 is 0 Å². The van der Waals surface area contributed by atoms with Crippen LogP contribution in [-0.4, -0.2) is 45.4 Å². The first-order chi connectivity index (χ1) is 7.83. The van der Waals surface area contributed by atoms with Gasteiger partial charge in [0.15, 0.2) is 0 Å². The molecule has 0 N–H and O–H groups in total. The molecule has 4 heteroatoms. The van der Waals surface area contributed by atoms with E-state index in [1.807, 2.05) is 0 Å². The number of hydrogen-bond donors (Lipinski definition) is 0. The zero-order valence-corrected chi connectivity index (χ0v) is 10.1. The topological polar surface area (TPSA) is 44.8 Å². The number of carbonyl (C=O) groups excluding carboxylic acids is 1. The molecule has 0 atom stereocenters. The number of carbonyl (C=O) groups is 1. The fraction of sp³-hybridized carbons (Fsp3) is 0.917. The summed E-state index contributed by atoms with van der Waals surface area (Å²) in [5.74, 6) is 0.378. The van der Waals surface area contributed by atoms with Crippen molar-refractivity contribution in [2.75, 3.05) is 33.5 Å². The summed E-state index contributed by atoms with van der Waals surface area (Å²) in [5.41, 5.74) is 0. The highest BCUT2D eigenvalue weighted by Gasteiger charge is 2.18. The molecule has 1 aliphatic rings. The van der Waals surface area contributed by atoms with E-state index < -0.39 is 0 Å². The maximum absolute atomic E-state index is 11.0. The highest BCUT2D eigenvalue weighted by atomic mass is 16.5. The molecule has 1 rings (SSSR count). The van der Waals surface area contributed by atoms with Crippen LogP contribution in [-0.2, 0) is 19.0 Å². The van der Waals surface area contributed by atoms with Crippen molar-refractivity contribution >= 4 is 5.78 Å². The van der Waals surface area contributed by atoms with Crippen molar-refractivity contribution < 1.29 is 19.0 Å². The molecule has 1 aliphatic carbocycles. The minimum Gasteiger partial charge on any atom is -0.382 e. The zero-order valence-electron chi connectivity index (χ0n) is 10.1. The van der Waals surface area contributed by atoms with E-state index in [0.29, 0.717) is 31.8 Å². The maximum Gasteiger partial charge on any atom is 0.133 e. The van der Waals surface area contributed by atoms with Gasteiger partial charge in [-0.2, -0.15) is 0 Å². The highest BCUT2D eigenvalue weighted by molar-refractivity contribution is 5.79. The largest absolute Gasteiger partial charge is 0.382 e. The Morgan fingerprint density at radius 2 is 1.88 bits per heavy atom. The van der Waals surface area contributed by atoms with Crippen LogP contribution in [0.15, 0.2) is 0 Å². The summed E-state index contributed by atoms with van der Waals surface area (Å²) in [6.07, 6.45) is 4.36. The summed E-state index contributed by atoms with van der Waals surface area (Å²) < 4.78 is 15.9. The van der Waals surface area contributed by atoms with E-state index in [2.05, 4.69) is 0 Å². The third kappa shape index (κ3) is 6.20. The Morgan fingerprint density at radius 3 is 2.56 bits per heavy atom. The zero-order chi connectivity index (χ0) is 11.6. The van der Waals surface area contributed by atoms with Crippen molar-refractivity contribution in [2.45, 2.75) is 38.2 Å². The van der Waals surface area contributed by atoms with Crippen LogP contribution in [0.2, 0.25) is 0 Å². The first-order valence-corrected chi connectivity index (χ1v) is 6.03. The molecule has 0 radical (unpaired) electrons. The average Bonchev–Trinajstić information content (AvgIpc) is 2.30. The molecule has 4 nitrogen and oxygen atoms in total. The Labute approximate surface area is 97.2 Å². The lowest BCUT2D eigenvalue weighted by molar-refractivity contribution is -0.123. The van der Waals surface area contributed by atoms with E-state index in [0.717, 1.165) is 32.5 Å². The number of Topliss-reactive ketones (excluding diaryl/α,β-unsaturated/α-hetero) is 1. The first-order valence-electron chi connectivity index (χ1n) is 6.03. The van der Waals surface area contributed by atoms with Gasteiger partial charge in [-0.05, 0) is 19.3 Å². The highest BCUT2D eigenvalue weighted by Crippen LogP contribution is 2.17. The van der Waals surface area contributed by atoms with Crippen LogP contribution in [0.5, 0.6) is 0 Å². The Kier molecular flexibility index (Phi) is 7.38. The number of methoxy groups -OCH3 is 1. The van der Waals surface area contributed by atoms with E-state index in [4.69, 9.17) is 14.2 Å². The van der Waals surface area contributed by atoms with Gasteiger partial charge < -0.3 is 14.2 Å². The Balaban J connectivity index is 1.85. The molecule has 0 aromatic heterocycles. The second kappa shape index (κ2) is 8.67. The lowest BCUT2D eigenvalue weighted by Crippen LogP contribution is -2.22. The van der Waals surface area contributed by atoms with Crippen molar-refractivity contribution in [3.8, 4) is 0 Å². The molecular weight excluding hydrogens is 208 g/mol. The number of ketones is 1. The second-order valence-corrected chi connectivity index (χ2v) is 4.07. The van der Waals surface area contributed by atoms with Crippen LogP contribution in [0, 0.1) is 0 Å². The van der Waals surface area contributed by atoms with Gasteiger partial charge in [-0.3, -0.25) is 4.79 Å². The maximum atomic E-state index is 11.0. The van der Waals surface area contributed by atoms with Crippen molar-refractivity contribution in [3.05, 3.63) is 0 Å². The summed E-state index contributed by atoms with van der Waals surface area (Å²) in [5, 5.41) is 0. The van der Waals surface area contributed by atoms with E-state index in [1.54, 1.807) is 7.11 Å². The number of ether oxygens (including phenoxy) is 3. The van der Waals surface area contributed by atoms with E-state index in [9.17, 15) is 4.79 Å². The quantitative estimate of drug-likeness (QED) is 0.594. The molecule has 0 bridgehead atoms. The van der Waals surface area contributed by atoms with Gasteiger partial charge in [-0.25, -0.2) is 0 Å². The standard InChI is InChI=1S/C12H22O4/c1-14-9-10-15-7-2-8-16-12-5-3-11(13)4-6-12/h12H,2-10H2,1H3. The Morgan fingerprint density at radius 1 is 1.12 bits per heavy atom. The predicted octanol–water partition coefficient (Wildman–Crippen LogP) is 1.57. The van der Waals surface area contributed by atoms with Crippen molar-refractivity contribution in [3.63, 3.8) is 0 Å². The van der Waals surface area contributed by atoms with Crippen LogP contribution < -0.4 is 0 Å². The molecule has 0 saturated heterocycles. The van der Waals surface area contributed by atoms with Gasteiger partial charge in [0.25, 0.3) is 0 Å². The van der Waals surface area contributed by atoms with Crippen molar-refractivity contribution in [1.29, 1.82) is 0 Å². The third-order valence-corrected chi connectivity index (χ3v) is 2.71. The lowest BCUT2D eigenvalue weighted by Gasteiger charge is -2.21. The monoisotopic (exact) mass is 230 g/mol. The summed E-state index contributed by atoms with van der Waals surface area (Å²) >= 11 is 0. The molecule has 0 heterocycles. The molecule has 1 saturated carbocycles. The molecule has 0 spiro atoms. The normalized spacial score (nSPS) is 17.9. The van der Waals surface area contributed by atoms with Gasteiger partial charge in [0.1, 0.15) is 5.78 Å². The molecule has 16 heavy (non-hydrogen) atoms. The minimum absolute atomic E-state index is 0.289. The summed E-state index contributed by atoms with van der Waals surface area (Å²) in [7, 11) is 1.66. The van der Waals surface area contributed by atoms with E-state index in [1.165, 1.54) is 0 Å². The molecule has 0 aromatic carbocycles. The van der Waals surface area contributed by atoms with E-state index in [-0.39, 0.29) is 6.10 Å². The van der Waals surface area contributed by atoms with Crippen LogP contribution >= 0.6 is 0 Å². The van der Waals surface area contributed by atoms with Crippen molar-refractivity contribution in [2.24, 2.45) is 0 Å². The molecule has 0 aliphatic heterocycles. The van der Waals surface area contributed by atoms with Crippen LogP contribution in [0.1, 0.15) is 32.1 Å². The lowest BCUT2D eigenvalue weighted by atomic mass is 9.96. The minimum atomic E-state index is 0.289. The fourth-order valence-electron chi connectivity index (χ4n) is 1.74. The summed E-state index contributed by atoms with van der Waals surface area (Å²) in [4.78, 5) is 11.0.